The molecule has 0 fully saturated rings. The average Bonchev–Trinajstić information content (AvgIpc) is 2.98. The van der Waals surface area contributed by atoms with E-state index in [1.807, 2.05) is 0 Å². The Hall–Kier alpha value is -1.54. The molecular formula is C10H8BrN3O3S. The molecule has 0 unspecified atom stereocenters. The highest BCUT2D eigenvalue weighted by Crippen LogP contribution is 2.34. The van der Waals surface area contributed by atoms with Crippen LogP contribution in [-0.4, -0.2) is 25.3 Å². The van der Waals surface area contributed by atoms with Gasteiger partial charge in [0.15, 0.2) is 5.82 Å². The maximum atomic E-state index is 12.2. The number of nitrogens with zero attached hydrogens (tertiary/aromatic N) is 2. The second kappa shape index (κ2) is 3.72. The van der Waals surface area contributed by atoms with E-state index >= 15 is 0 Å². The van der Waals surface area contributed by atoms with Crippen LogP contribution in [-0.2, 0) is 10.0 Å². The third-order valence-corrected chi connectivity index (χ3v) is 4.37. The van der Waals surface area contributed by atoms with Gasteiger partial charge in [-0.2, -0.15) is 0 Å². The smallest absolute Gasteiger partial charge is 0.266 e. The second-order valence-corrected chi connectivity index (χ2v) is 6.27. The van der Waals surface area contributed by atoms with E-state index in [1.54, 1.807) is 23.0 Å². The van der Waals surface area contributed by atoms with Crippen molar-refractivity contribution >= 4 is 31.8 Å². The summed E-state index contributed by atoms with van der Waals surface area (Å²) in [6, 6.07) is 4.78. The monoisotopic (exact) mass is 329 g/mol. The summed E-state index contributed by atoms with van der Waals surface area (Å²) in [4.78, 5) is 0.0711. The first kappa shape index (κ1) is 11.5. The lowest BCUT2D eigenvalue weighted by Crippen LogP contribution is -2.17. The fourth-order valence-corrected chi connectivity index (χ4v) is 3.29. The summed E-state index contributed by atoms with van der Waals surface area (Å²) in [5.74, 6) is 0.643. The van der Waals surface area contributed by atoms with E-state index in [4.69, 9.17) is 4.74 Å². The van der Waals surface area contributed by atoms with E-state index in [0.717, 1.165) is 5.69 Å². The zero-order valence-electron chi connectivity index (χ0n) is 9.21. The van der Waals surface area contributed by atoms with Crippen LogP contribution in [0.25, 0.3) is 5.69 Å². The van der Waals surface area contributed by atoms with E-state index in [1.165, 1.54) is 13.2 Å². The molecule has 0 saturated heterocycles. The Morgan fingerprint density at radius 3 is 2.78 bits per heavy atom. The molecule has 94 valence electrons. The largest absolute Gasteiger partial charge is 0.495 e. The normalized spacial score (nSPS) is 12.3. The van der Waals surface area contributed by atoms with Crippen LogP contribution in [0.1, 0.15) is 0 Å². The first-order valence-electron chi connectivity index (χ1n) is 4.98. The van der Waals surface area contributed by atoms with Gasteiger partial charge in [-0.15, -0.1) is 5.10 Å². The Morgan fingerprint density at radius 2 is 2.22 bits per heavy atom. The first-order valence-corrected chi connectivity index (χ1v) is 7.25. The van der Waals surface area contributed by atoms with Crippen LogP contribution >= 0.6 is 15.9 Å². The number of methoxy groups -OCH3 is 1. The summed E-state index contributed by atoms with van der Waals surface area (Å²) in [5, 5.41) is 3.90. The van der Waals surface area contributed by atoms with E-state index in [0.29, 0.717) is 10.3 Å². The van der Waals surface area contributed by atoms with E-state index in [-0.39, 0.29) is 10.6 Å². The topological polar surface area (TPSA) is 73.2 Å². The number of anilines is 1. The highest BCUT2D eigenvalue weighted by molar-refractivity contribution is 9.10. The molecule has 1 N–H and O–H groups in total. The first-order chi connectivity index (χ1) is 8.51. The SMILES string of the molecule is COc1ccc(Br)cc1S(=O)(=O)Nc1nn2cc1-2. The molecule has 0 radical (unpaired) electrons. The van der Waals surface area contributed by atoms with Crippen molar-refractivity contribution in [2.45, 2.75) is 4.90 Å². The van der Waals surface area contributed by atoms with Crippen molar-refractivity contribution in [3.63, 3.8) is 0 Å². The molecule has 2 heterocycles. The van der Waals surface area contributed by atoms with Gasteiger partial charge < -0.3 is 4.74 Å². The molecule has 3 rings (SSSR count). The van der Waals surface area contributed by atoms with Crippen molar-refractivity contribution < 1.29 is 13.2 Å². The molecule has 0 saturated carbocycles. The van der Waals surface area contributed by atoms with Crippen LogP contribution in [0.15, 0.2) is 33.8 Å². The Balaban J connectivity index is 2.00. The lowest BCUT2D eigenvalue weighted by Gasteiger charge is -2.12. The molecule has 0 aromatic heterocycles. The summed E-state index contributed by atoms with van der Waals surface area (Å²) < 4.78 is 34.1. The van der Waals surface area contributed by atoms with Crippen LogP contribution in [0.4, 0.5) is 5.82 Å². The zero-order valence-corrected chi connectivity index (χ0v) is 11.6. The maximum Gasteiger partial charge on any atom is 0.266 e. The van der Waals surface area contributed by atoms with E-state index in [2.05, 4.69) is 25.8 Å². The fourth-order valence-electron chi connectivity index (χ4n) is 1.57. The number of rotatable bonds is 4. The van der Waals surface area contributed by atoms with E-state index < -0.39 is 10.0 Å². The molecule has 0 atom stereocenters. The highest BCUT2D eigenvalue weighted by Gasteiger charge is 2.29. The van der Waals surface area contributed by atoms with Crippen molar-refractivity contribution in [1.29, 1.82) is 0 Å². The van der Waals surface area contributed by atoms with Gasteiger partial charge in [-0.3, -0.25) is 4.72 Å². The Morgan fingerprint density at radius 1 is 1.44 bits per heavy atom. The van der Waals surface area contributed by atoms with Gasteiger partial charge >= 0.3 is 0 Å². The Labute approximate surface area is 112 Å². The molecule has 1 aromatic carbocycles. The minimum Gasteiger partial charge on any atom is -0.495 e. The quantitative estimate of drug-likeness (QED) is 0.791. The number of sulfonamides is 1. The van der Waals surface area contributed by atoms with Crippen LogP contribution in [0.2, 0.25) is 0 Å². The number of halogens is 1. The number of fused-ring (bicyclic) bond motifs is 1. The molecule has 0 amide bonds. The Kier molecular flexibility index (Phi) is 2.39. The van der Waals surface area contributed by atoms with Crippen molar-refractivity contribution in [1.82, 2.24) is 9.78 Å². The van der Waals surface area contributed by atoms with Gasteiger partial charge in [0.25, 0.3) is 10.0 Å². The third kappa shape index (κ3) is 1.77. The molecule has 2 aliphatic rings. The molecular weight excluding hydrogens is 322 g/mol. The number of benzene rings is 1. The van der Waals surface area contributed by atoms with Gasteiger partial charge in [-0.1, -0.05) is 15.9 Å². The molecule has 0 aliphatic carbocycles. The van der Waals surface area contributed by atoms with Crippen LogP contribution < -0.4 is 9.46 Å². The predicted octanol–water partition coefficient (Wildman–Crippen LogP) is 1.76. The number of hydrogen-bond donors (Lipinski definition) is 1. The average molecular weight is 330 g/mol. The van der Waals surface area contributed by atoms with Crippen molar-refractivity contribution in [2.75, 3.05) is 11.8 Å². The zero-order chi connectivity index (χ0) is 12.9. The summed E-state index contributed by atoms with van der Waals surface area (Å²) in [6.07, 6.45) is 1.73. The summed E-state index contributed by atoms with van der Waals surface area (Å²) >= 11 is 3.24. The van der Waals surface area contributed by atoms with Crippen molar-refractivity contribution in [3.05, 3.63) is 28.9 Å². The van der Waals surface area contributed by atoms with Crippen molar-refractivity contribution in [3.8, 4) is 11.4 Å². The number of hydrogen-bond acceptors (Lipinski definition) is 4. The third-order valence-electron chi connectivity index (χ3n) is 2.52. The van der Waals surface area contributed by atoms with Gasteiger partial charge in [0.1, 0.15) is 16.3 Å². The molecule has 2 aliphatic heterocycles. The molecule has 0 spiro atoms. The molecule has 1 aromatic rings. The molecule has 8 heteroatoms. The van der Waals surface area contributed by atoms with Gasteiger partial charge in [0.2, 0.25) is 0 Å². The highest BCUT2D eigenvalue weighted by atomic mass is 79.9. The standard InChI is InChI=1S/C10H8BrN3O3S/c1-17-8-3-2-6(11)4-9(8)18(15,16)13-10-7-5-14(7)12-10/h2-5H,1H3,(H,12,13). The number of nitrogens with one attached hydrogen (secondary N) is 1. The van der Waals surface area contributed by atoms with Gasteiger partial charge in [-0.05, 0) is 18.2 Å². The second-order valence-electron chi connectivity index (χ2n) is 3.71. The minimum atomic E-state index is -3.70. The lowest BCUT2D eigenvalue weighted by molar-refractivity contribution is 0.403. The Bertz CT molecular complexity index is 739. The van der Waals surface area contributed by atoms with Crippen LogP contribution in [0.5, 0.6) is 5.75 Å². The summed E-state index contributed by atoms with van der Waals surface area (Å²) in [5.41, 5.74) is 0.799. The fraction of sp³-hybridized carbons (Fsp3) is 0.100. The summed E-state index contributed by atoms with van der Waals surface area (Å²) in [7, 11) is -2.27. The maximum absolute atomic E-state index is 12.2. The van der Waals surface area contributed by atoms with E-state index in [9.17, 15) is 8.42 Å². The molecule has 6 nitrogen and oxygen atoms in total. The summed E-state index contributed by atoms with van der Waals surface area (Å²) in [6.45, 7) is 0. The van der Waals surface area contributed by atoms with Gasteiger partial charge in [-0.25, -0.2) is 13.1 Å². The minimum absolute atomic E-state index is 0.0711. The van der Waals surface area contributed by atoms with Crippen LogP contribution in [0, 0.1) is 0 Å². The molecule has 0 bridgehead atoms. The van der Waals surface area contributed by atoms with Crippen LogP contribution in [0.3, 0.4) is 0 Å². The van der Waals surface area contributed by atoms with Crippen molar-refractivity contribution in [2.24, 2.45) is 0 Å². The predicted molar refractivity (Wildman–Crippen MR) is 68.6 cm³/mol. The number of aromatic nitrogens is 2. The van der Waals surface area contributed by atoms with Gasteiger partial charge in [0, 0.05) is 4.47 Å². The molecule has 18 heavy (non-hydrogen) atoms. The van der Waals surface area contributed by atoms with Gasteiger partial charge in [0.05, 0.1) is 13.3 Å². The number of ether oxygens (including phenoxy) is 1. The lowest BCUT2D eigenvalue weighted by atomic mass is 10.3.